The van der Waals surface area contributed by atoms with Crippen LogP contribution in [0, 0.1) is 17.8 Å². The number of hydrogen-bond acceptors (Lipinski definition) is 3. The first-order chi connectivity index (χ1) is 12.5. The van der Waals surface area contributed by atoms with Crippen molar-refractivity contribution in [3.63, 3.8) is 0 Å². The second-order valence-corrected chi connectivity index (χ2v) is 10.0. The summed E-state index contributed by atoms with van der Waals surface area (Å²) >= 11 is 1.76. The predicted octanol–water partition coefficient (Wildman–Crippen LogP) is 4.31. The number of likely N-dealkylation sites (N-methyl/N-ethyl adjacent to an activating group) is 1. The second kappa shape index (κ2) is 7.20. The van der Waals surface area contributed by atoms with E-state index in [-0.39, 0.29) is 17.5 Å². The number of benzene rings is 1. The van der Waals surface area contributed by atoms with Gasteiger partial charge in [-0.1, -0.05) is 12.1 Å². The highest BCUT2D eigenvalue weighted by Crippen LogP contribution is 2.55. The molecule has 1 atom stereocenters. The van der Waals surface area contributed by atoms with Crippen molar-refractivity contribution < 1.29 is 4.79 Å². The molecule has 0 aliphatic heterocycles. The van der Waals surface area contributed by atoms with Crippen LogP contribution in [0.5, 0.6) is 0 Å². The monoisotopic (exact) mass is 372 g/mol. The van der Waals surface area contributed by atoms with Gasteiger partial charge in [0.25, 0.3) is 0 Å². The summed E-state index contributed by atoms with van der Waals surface area (Å²) in [4.78, 5) is 16.5. The molecule has 0 unspecified atom stereocenters. The molecule has 1 N–H and O–H groups in total. The van der Waals surface area contributed by atoms with Crippen LogP contribution in [0.2, 0.25) is 0 Å². The molecule has 0 aromatic heterocycles. The van der Waals surface area contributed by atoms with Crippen molar-refractivity contribution in [1.82, 2.24) is 10.2 Å². The Bertz CT molecular complexity index is 621. The third-order valence-corrected chi connectivity index (χ3v) is 7.80. The second-order valence-electron chi connectivity index (χ2n) is 9.13. The third kappa shape index (κ3) is 3.68. The van der Waals surface area contributed by atoms with Crippen LogP contribution in [0.1, 0.15) is 51.0 Å². The first-order valence-electron chi connectivity index (χ1n) is 10.1. The number of thioether (sulfide) groups is 1. The van der Waals surface area contributed by atoms with Crippen LogP contribution >= 0.6 is 11.8 Å². The maximum absolute atomic E-state index is 13.0. The summed E-state index contributed by atoms with van der Waals surface area (Å²) in [6.45, 7) is 2.86. The van der Waals surface area contributed by atoms with Gasteiger partial charge in [0.05, 0.1) is 6.04 Å². The molecule has 142 valence electrons. The molecule has 4 aliphatic rings. The first-order valence-corrected chi connectivity index (χ1v) is 11.3. The van der Waals surface area contributed by atoms with Crippen LogP contribution in [-0.4, -0.2) is 35.7 Å². The number of rotatable bonds is 6. The van der Waals surface area contributed by atoms with Gasteiger partial charge in [0.15, 0.2) is 0 Å². The summed E-state index contributed by atoms with van der Waals surface area (Å²) in [5.74, 6) is 2.81. The zero-order valence-electron chi connectivity index (χ0n) is 16.3. The Morgan fingerprint density at radius 1 is 1.15 bits per heavy atom. The molecule has 4 saturated carbocycles. The largest absolute Gasteiger partial charge is 0.349 e. The molecule has 0 saturated heterocycles. The SMILES string of the molecule is CSc1ccc(CN(C)[C@H](C)C(=O)NC23CC4CC(CC(C4)C2)C3)cc1. The number of nitrogens with one attached hydrogen (secondary N) is 1. The van der Waals surface area contributed by atoms with E-state index < -0.39 is 0 Å². The van der Waals surface area contributed by atoms with Crippen LogP contribution in [-0.2, 0) is 11.3 Å². The fourth-order valence-electron chi connectivity index (χ4n) is 5.99. The highest BCUT2D eigenvalue weighted by Gasteiger charge is 2.51. The van der Waals surface area contributed by atoms with E-state index in [0.717, 1.165) is 24.3 Å². The highest BCUT2D eigenvalue weighted by atomic mass is 32.2. The maximum atomic E-state index is 13.0. The van der Waals surface area contributed by atoms with Gasteiger partial charge in [-0.25, -0.2) is 0 Å². The smallest absolute Gasteiger partial charge is 0.237 e. The zero-order chi connectivity index (χ0) is 18.3. The lowest BCUT2D eigenvalue weighted by Crippen LogP contribution is -2.62. The van der Waals surface area contributed by atoms with E-state index in [0.29, 0.717) is 0 Å². The quantitative estimate of drug-likeness (QED) is 0.755. The highest BCUT2D eigenvalue weighted by molar-refractivity contribution is 7.98. The number of amides is 1. The molecule has 1 aromatic rings. The number of carbonyl (C=O) groups is 1. The first kappa shape index (κ1) is 18.4. The number of carbonyl (C=O) groups excluding carboxylic acids is 1. The van der Waals surface area contributed by atoms with Crippen LogP contribution in [0.25, 0.3) is 0 Å². The molecule has 5 rings (SSSR count). The fourth-order valence-corrected chi connectivity index (χ4v) is 6.39. The van der Waals surface area contributed by atoms with Crippen molar-refractivity contribution in [3.05, 3.63) is 29.8 Å². The molecular weight excluding hydrogens is 340 g/mol. The summed E-state index contributed by atoms with van der Waals surface area (Å²) in [5, 5.41) is 3.53. The van der Waals surface area contributed by atoms with E-state index in [2.05, 4.69) is 47.8 Å². The van der Waals surface area contributed by atoms with E-state index in [1.54, 1.807) is 11.8 Å². The normalized spacial score (nSPS) is 33.5. The Labute approximate surface area is 162 Å². The molecule has 0 radical (unpaired) electrons. The van der Waals surface area contributed by atoms with Gasteiger partial charge < -0.3 is 5.32 Å². The van der Waals surface area contributed by atoms with Crippen LogP contribution in [0.4, 0.5) is 0 Å². The number of nitrogens with zero attached hydrogens (tertiary/aromatic N) is 1. The summed E-state index contributed by atoms with van der Waals surface area (Å²) < 4.78 is 0. The van der Waals surface area contributed by atoms with E-state index in [1.807, 2.05) is 6.92 Å². The van der Waals surface area contributed by atoms with Gasteiger partial charge in [-0.3, -0.25) is 9.69 Å². The Morgan fingerprint density at radius 2 is 1.69 bits per heavy atom. The maximum Gasteiger partial charge on any atom is 0.237 e. The van der Waals surface area contributed by atoms with Crippen molar-refractivity contribution in [2.75, 3.05) is 13.3 Å². The van der Waals surface area contributed by atoms with Crippen molar-refractivity contribution in [2.24, 2.45) is 17.8 Å². The predicted molar refractivity (Wildman–Crippen MR) is 108 cm³/mol. The molecule has 3 nitrogen and oxygen atoms in total. The Hall–Kier alpha value is -1.00. The number of hydrogen-bond donors (Lipinski definition) is 1. The van der Waals surface area contributed by atoms with E-state index in [1.165, 1.54) is 49.0 Å². The van der Waals surface area contributed by atoms with Gasteiger partial charge >= 0.3 is 0 Å². The molecule has 4 fully saturated rings. The lowest BCUT2D eigenvalue weighted by atomic mass is 9.53. The van der Waals surface area contributed by atoms with Crippen molar-refractivity contribution in [1.29, 1.82) is 0 Å². The van der Waals surface area contributed by atoms with E-state index in [9.17, 15) is 4.79 Å². The topological polar surface area (TPSA) is 32.3 Å². The summed E-state index contributed by atoms with van der Waals surface area (Å²) in [6, 6.07) is 8.57. The molecule has 4 aliphatic carbocycles. The van der Waals surface area contributed by atoms with E-state index in [4.69, 9.17) is 0 Å². The van der Waals surface area contributed by atoms with Crippen molar-refractivity contribution in [3.8, 4) is 0 Å². The molecular formula is C22H32N2OS. The molecule has 1 aromatic carbocycles. The minimum Gasteiger partial charge on any atom is -0.349 e. The molecule has 4 bridgehead atoms. The molecule has 26 heavy (non-hydrogen) atoms. The average molecular weight is 373 g/mol. The lowest BCUT2D eigenvalue weighted by Gasteiger charge is -2.57. The van der Waals surface area contributed by atoms with Gasteiger partial charge in [-0.2, -0.15) is 0 Å². The Balaban J connectivity index is 1.36. The average Bonchev–Trinajstić information content (AvgIpc) is 2.60. The van der Waals surface area contributed by atoms with Gasteiger partial charge in [0.2, 0.25) is 5.91 Å². The molecule has 1 amide bonds. The summed E-state index contributed by atoms with van der Waals surface area (Å²) in [6.07, 6.45) is 9.99. The molecule has 0 spiro atoms. The van der Waals surface area contributed by atoms with Gasteiger partial charge in [-0.05, 0) is 94.2 Å². The van der Waals surface area contributed by atoms with Crippen LogP contribution < -0.4 is 5.32 Å². The van der Waals surface area contributed by atoms with Gasteiger partial charge in [0, 0.05) is 17.0 Å². The van der Waals surface area contributed by atoms with Crippen molar-refractivity contribution >= 4 is 17.7 Å². The zero-order valence-corrected chi connectivity index (χ0v) is 17.1. The van der Waals surface area contributed by atoms with Gasteiger partial charge in [0.1, 0.15) is 0 Å². The van der Waals surface area contributed by atoms with Gasteiger partial charge in [-0.15, -0.1) is 11.8 Å². The Kier molecular flexibility index (Phi) is 5.08. The molecule has 4 heteroatoms. The fraction of sp³-hybridized carbons (Fsp3) is 0.682. The molecule has 0 heterocycles. The third-order valence-electron chi connectivity index (χ3n) is 7.06. The lowest BCUT2D eigenvalue weighted by molar-refractivity contribution is -0.131. The Morgan fingerprint density at radius 3 is 2.19 bits per heavy atom. The standard InChI is InChI=1S/C22H32N2OS/c1-15(24(2)14-16-4-6-20(26-3)7-5-16)21(25)23-22-11-17-8-18(12-22)10-19(9-17)13-22/h4-7,15,17-19H,8-14H2,1-3H3,(H,23,25)/t15-,17?,18?,19?,22?/m1/s1. The minimum atomic E-state index is -0.0942. The summed E-state index contributed by atoms with van der Waals surface area (Å²) in [7, 11) is 2.06. The minimum absolute atomic E-state index is 0.0942. The van der Waals surface area contributed by atoms with Crippen LogP contribution in [0.3, 0.4) is 0 Å². The van der Waals surface area contributed by atoms with Crippen molar-refractivity contribution in [2.45, 2.75) is 68.5 Å². The van der Waals surface area contributed by atoms with E-state index >= 15 is 0 Å². The van der Waals surface area contributed by atoms with Crippen LogP contribution in [0.15, 0.2) is 29.2 Å². The summed E-state index contributed by atoms with van der Waals surface area (Å²) in [5.41, 5.74) is 1.38.